The van der Waals surface area contributed by atoms with Crippen molar-refractivity contribution in [3.63, 3.8) is 0 Å². The Bertz CT molecular complexity index is 929. The molecule has 1 atom stereocenters. The van der Waals surface area contributed by atoms with E-state index in [2.05, 4.69) is 9.71 Å². The molecule has 0 aliphatic rings. The van der Waals surface area contributed by atoms with E-state index >= 15 is 0 Å². The summed E-state index contributed by atoms with van der Waals surface area (Å²) < 4.78 is 28.2. The maximum Gasteiger partial charge on any atom is 0.259 e. The number of aliphatic hydroxyl groups is 1. The summed E-state index contributed by atoms with van der Waals surface area (Å²) >= 11 is 0. The highest BCUT2D eigenvalue weighted by atomic mass is 32.2. The van der Waals surface area contributed by atoms with Crippen molar-refractivity contribution in [3.05, 3.63) is 60.6 Å². The fraction of sp³-hybridized carbons (Fsp3) is 0.188. The normalized spacial score (nSPS) is 13.3. The van der Waals surface area contributed by atoms with E-state index in [0.29, 0.717) is 5.56 Å². The number of benzene rings is 2. The number of aromatic nitrogens is 2. The summed E-state index contributed by atoms with van der Waals surface area (Å²) in [5.41, 5.74) is 0.687. The molecule has 0 unspecified atom stereocenters. The van der Waals surface area contributed by atoms with Gasteiger partial charge in [-0.3, -0.25) is 0 Å². The van der Waals surface area contributed by atoms with Crippen molar-refractivity contribution in [1.82, 2.24) is 14.3 Å². The van der Waals surface area contributed by atoms with Crippen LogP contribution < -0.4 is 4.72 Å². The second kappa shape index (κ2) is 6.11. The van der Waals surface area contributed by atoms with Crippen LogP contribution in [0.3, 0.4) is 0 Å². The number of aliphatic hydroxyl groups excluding tert-OH is 1. The smallest absolute Gasteiger partial charge is 0.259 e. The summed E-state index contributed by atoms with van der Waals surface area (Å²) in [6.45, 7) is -0.118. The number of hydrogen-bond acceptors (Lipinski definition) is 4. The first-order valence-electron chi connectivity index (χ1n) is 7.11. The molecule has 3 aromatic rings. The van der Waals surface area contributed by atoms with Crippen LogP contribution in [-0.2, 0) is 17.1 Å². The second-order valence-electron chi connectivity index (χ2n) is 5.31. The van der Waals surface area contributed by atoms with E-state index in [9.17, 15) is 13.5 Å². The van der Waals surface area contributed by atoms with E-state index in [1.807, 2.05) is 36.4 Å². The van der Waals surface area contributed by atoms with Crippen LogP contribution in [0.2, 0.25) is 0 Å². The minimum atomic E-state index is -3.74. The molecule has 1 aromatic heterocycles. The summed E-state index contributed by atoms with van der Waals surface area (Å²) in [6.07, 6.45) is 1.88. The molecule has 6 nitrogen and oxygen atoms in total. The summed E-state index contributed by atoms with van der Waals surface area (Å²) in [6, 6.07) is 13.2. The minimum absolute atomic E-state index is 0.0647. The molecule has 0 amide bonds. The Labute approximate surface area is 134 Å². The van der Waals surface area contributed by atoms with E-state index in [0.717, 1.165) is 10.8 Å². The molecule has 0 bridgehead atoms. The second-order valence-corrected chi connectivity index (χ2v) is 7.03. The number of hydrogen-bond donors (Lipinski definition) is 2. The van der Waals surface area contributed by atoms with Gasteiger partial charge in [0.2, 0.25) is 0 Å². The first-order chi connectivity index (χ1) is 11.0. The molecule has 1 heterocycles. The van der Waals surface area contributed by atoms with Gasteiger partial charge < -0.3 is 9.67 Å². The van der Waals surface area contributed by atoms with Crippen LogP contribution in [0.15, 0.2) is 60.0 Å². The van der Waals surface area contributed by atoms with Crippen LogP contribution in [0.5, 0.6) is 0 Å². The Morgan fingerprint density at radius 2 is 1.96 bits per heavy atom. The first kappa shape index (κ1) is 15.7. The fourth-order valence-electron chi connectivity index (χ4n) is 2.44. The number of rotatable bonds is 5. The quantitative estimate of drug-likeness (QED) is 0.743. The lowest BCUT2D eigenvalue weighted by molar-refractivity contribution is 0.183. The maximum absolute atomic E-state index is 12.1. The van der Waals surface area contributed by atoms with Gasteiger partial charge in [-0.15, -0.1) is 0 Å². The minimum Gasteiger partial charge on any atom is -0.387 e. The number of sulfonamides is 1. The van der Waals surface area contributed by atoms with E-state index in [4.69, 9.17) is 0 Å². The van der Waals surface area contributed by atoms with Crippen molar-refractivity contribution >= 4 is 20.8 Å². The summed E-state index contributed by atoms with van der Waals surface area (Å²) in [7, 11) is -2.05. The van der Waals surface area contributed by atoms with Gasteiger partial charge in [0.25, 0.3) is 10.0 Å². The van der Waals surface area contributed by atoms with Crippen LogP contribution in [0.4, 0.5) is 0 Å². The molecule has 2 aromatic carbocycles. The van der Waals surface area contributed by atoms with Gasteiger partial charge in [0.1, 0.15) is 0 Å². The lowest BCUT2D eigenvalue weighted by Crippen LogP contribution is -2.28. The van der Waals surface area contributed by atoms with Crippen molar-refractivity contribution in [1.29, 1.82) is 0 Å². The predicted molar refractivity (Wildman–Crippen MR) is 87.3 cm³/mol. The molecule has 120 valence electrons. The molecule has 0 aliphatic carbocycles. The Morgan fingerprint density at radius 3 is 2.70 bits per heavy atom. The van der Waals surface area contributed by atoms with Gasteiger partial charge in [-0.05, 0) is 16.3 Å². The highest BCUT2D eigenvalue weighted by Crippen LogP contribution is 2.24. The third kappa shape index (κ3) is 3.26. The lowest BCUT2D eigenvalue weighted by atomic mass is 10.0. The Balaban J connectivity index is 1.80. The summed E-state index contributed by atoms with van der Waals surface area (Å²) in [5, 5.41) is 12.2. The van der Waals surface area contributed by atoms with Gasteiger partial charge in [0.05, 0.1) is 12.4 Å². The molecule has 0 spiro atoms. The fourth-order valence-corrected chi connectivity index (χ4v) is 3.46. The zero-order valence-corrected chi connectivity index (χ0v) is 13.4. The van der Waals surface area contributed by atoms with E-state index in [1.54, 1.807) is 17.7 Å². The van der Waals surface area contributed by atoms with Crippen LogP contribution in [0.25, 0.3) is 10.8 Å². The first-order valence-corrected chi connectivity index (χ1v) is 8.59. The van der Waals surface area contributed by atoms with Crippen LogP contribution in [-0.4, -0.2) is 29.6 Å². The Kier molecular flexibility index (Phi) is 4.16. The van der Waals surface area contributed by atoms with Crippen LogP contribution in [0.1, 0.15) is 11.7 Å². The Hall–Kier alpha value is -2.22. The summed E-state index contributed by atoms with van der Waals surface area (Å²) in [5.74, 6) is 0. The molecule has 0 radical (unpaired) electrons. The van der Waals surface area contributed by atoms with Crippen LogP contribution in [0, 0.1) is 0 Å². The topological polar surface area (TPSA) is 84.2 Å². The molecule has 0 saturated carbocycles. The average molecular weight is 331 g/mol. The molecule has 0 aliphatic heterocycles. The molecular weight excluding hydrogens is 314 g/mol. The van der Waals surface area contributed by atoms with E-state index in [-0.39, 0.29) is 11.6 Å². The van der Waals surface area contributed by atoms with Crippen LogP contribution >= 0.6 is 0 Å². The van der Waals surface area contributed by atoms with E-state index in [1.165, 1.54) is 12.5 Å². The van der Waals surface area contributed by atoms with E-state index < -0.39 is 16.1 Å². The third-order valence-corrected chi connectivity index (χ3v) is 4.91. The highest BCUT2D eigenvalue weighted by molar-refractivity contribution is 7.89. The highest BCUT2D eigenvalue weighted by Gasteiger charge is 2.19. The number of fused-ring (bicyclic) bond motifs is 1. The van der Waals surface area contributed by atoms with Gasteiger partial charge in [0.15, 0.2) is 5.03 Å². The molecule has 2 N–H and O–H groups in total. The molecular formula is C16H17N3O3S. The third-order valence-electron chi connectivity index (χ3n) is 3.61. The van der Waals surface area contributed by atoms with Crippen molar-refractivity contribution in [2.24, 2.45) is 7.05 Å². The number of nitrogens with one attached hydrogen (secondary N) is 1. The predicted octanol–water partition coefficient (Wildman–Crippen LogP) is 1.59. The van der Waals surface area contributed by atoms with Gasteiger partial charge in [-0.1, -0.05) is 42.5 Å². The molecule has 3 rings (SSSR count). The monoisotopic (exact) mass is 331 g/mol. The number of aryl methyl sites for hydroxylation is 1. The van der Waals surface area contributed by atoms with Crippen molar-refractivity contribution in [2.45, 2.75) is 11.1 Å². The molecule has 7 heteroatoms. The van der Waals surface area contributed by atoms with Crippen molar-refractivity contribution < 1.29 is 13.5 Å². The molecule has 0 fully saturated rings. The van der Waals surface area contributed by atoms with Gasteiger partial charge in [0, 0.05) is 19.8 Å². The van der Waals surface area contributed by atoms with Gasteiger partial charge >= 0.3 is 0 Å². The van der Waals surface area contributed by atoms with Crippen molar-refractivity contribution in [2.75, 3.05) is 6.54 Å². The number of nitrogens with zero attached hydrogens (tertiary/aromatic N) is 2. The van der Waals surface area contributed by atoms with Gasteiger partial charge in [-0.2, -0.15) is 0 Å². The lowest BCUT2D eigenvalue weighted by Gasteiger charge is -2.14. The maximum atomic E-state index is 12.1. The van der Waals surface area contributed by atoms with Crippen molar-refractivity contribution in [3.8, 4) is 0 Å². The largest absolute Gasteiger partial charge is 0.387 e. The summed E-state index contributed by atoms with van der Waals surface area (Å²) in [4.78, 5) is 3.82. The standard InChI is InChI=1S/C16H17N3O3S/c1-19-10-16(17-11-19)23(21,22)18-9-15(20)14-8-4-6-12-5-2-3-7-13(12)14/h2-8,10-11,15,18,20H,9H2,1H3/t15-/m0/s1. The number of imidazole rings is 1. The zero-order chi connectivity index (χ0) is 16.4. The zero-order valence-electron chi connectivity index (χ0n) is 12.5. The average Bonchev–Trinajstić information content (AvgIpc) is 2.99. The molecule has 23 heavy (non-hydrogen) atoms. The SMILES string of the molecule is Cn1cnc(S(=O)(=O)NC[C@H](O)c2cccc3ccccc23)c1. The Morgan fingerprint density at radius 1 is 1.22 bits per heavy atom. The van der Waals surface area contributed by atoms with Gasteiger partial charge in [-0.25, -0.2) is 18.1 Å². The molecule has 0 saturated heterocycles.